The second-order valence-corrected chi connectivity index (χ2v) is 7.27. The topological polar surface area (TPSA) is 44.4 Å². The molecule has 3 rings (SSSR count). The van der Waals surface area contributed by atoms with Gasteiger partial charge >= 0.3 is 0 Å². The van der Waals surface area contributed by atoms with E-state index in [0.29, 0.717) is 17.2 Å². The Kier molecular flexibility index (Phi) is 5.89. The van der Waals surface area contributed by atoms with Crippen molar-refractivity contribution in [3.63, 3.8) is 0 Å². The monoisotopic (exact) mass is 367 g/mol. The number of carbonyl (C=O) groups is 1. The van der Waals surface area contributed by atoms with Crippen molar-refractivity contribution in [2.45, 2.75) is 45.2 Å². The Labute approximate surface area is 160 Å². The van der Waals surface area contributed by atoms with Gasteiger partial charge in [-0.1, -0.05) is 18.2 Å². The maximum atomic E-state index is 12.9. The molecule has 0 unspecified atom stereocenters. The van der Waals surface area contributed by atoms with Gasteiger partial charge in [-0.3, -0.25) is 4.79 Å². The third-order valence-electron chi connectivity index (χ3n) is 4.85. The highest BCUT2D eigenvalue weighted by atomic mass is 32.1. The Bertz CT molecular complexity index is 751. The normalized spacial score (nSPS) is 19.7. The molecule has 1 amide bonds. The van der Waals surface area contributed by atoms with Crippen molar-refractivity contribution in [3.8, 4) is 0 Å². The van der Waals surface area contributed by atoms with E-state index in [2.05, 4.69) is 24.5 Å². The Balaban J connectivity index is 1.62. The van der Waals surface area contributed by atoms with Gasteiger partial charge in [-0.05, 0) is 81.7 Å². The minimum absolute atomic E-state index is 0.112. The number of hydrogen-bond acceptors (Lipinski definition) is 2. The van der Waals surface area contributed by atoms with Crippen LogP contribution in [0.1, 0.15) is 43.5 Å². The summed E-state index contributed by atoms with van der Waals surface area (Å²) < 4.78 is 0. The molecule has 0 aromatic heterocycles. The molecule has 0 spiro atoms. The fourth-order valence-electron chi connectivity index (χ4n) is 3.48. The predicted molar refractivity (Wildman–Crippen MR) is 112 cm³/mol. The fourth-order valence-corrected chi connectivity index (χ4v) is 3.72. The number of likely N-dealkylation sites (tertiary alicyclic amines) is 1. The zero-order chi connectivity index (χ0) is 18.5. The number of thiocarbonyl (C=S) groups is 1. The van der Waals surface area contributed by atoms with E-state index < -0.39 is 0 Å². The number of hydrogen-bond donors (Lipinski definition) is 2. The molecule has 136 valence electrons. The molecule has 1 aliphatic rings. The lowest BCUT2D eigenvalue weighted by Crippen LogP contribution is -2.47. The summed E-state index contributed by atoms with van der Waals surface area (Å²) in [4.78, 5) is 14.9. The van der Waals surface area contributed by atoms with E-state index in [-0.39, 0.29) is 5.91 Å². The molecule has 0 saturated carbocycles. The number of para-hydroxylation sites is 1. The van der Waals surface area contributed by atoms with Crippen LogP contribution in [0.4, 0.5) is 11.4 Å². The smallest absolute Gasteiger partial charge is 0.254 e. The molecular weight excluding hydrogens is 342 g/mol. The summed E-state index contributed by atoms with van der Waals surface area (Å²) in [5.41, 5.74) is 2.51. The lowest BCUT2D eigenvalue weighted by Gasteiger charge is -2.39. The van der Waals surface area contributed by atoms with Crippen LogP contribution in [0.25, 0.3) is 0 Å². The Morgan fingerprint density at radius 3 is 2.04 bits per heavy atom. The maximum Gasteiger partial charge on any atom is 0.254 e. The minimum atomic E-state index is 0.112. The second kappa shape index (κ2) is 8.32. The Hall–Kier alpha value is -2.40. The largest absolute Gasteiger partial charge is 0.333 e. The van der Waals surface area contributed by atoms with Crippen molar-refractivity contribution in [1.29, 1.82) is 0 Å². The fraction of sp³-hybridized carbons (Fsp3) is 0.333. The average molecular weight is 368 g/mol. The highest BCUT2D eigenvalue weighted by molar-refractivity contribution is 7.80. The van der Waals surface area contributed by atoms with Gasteiger partial charge < -0.3 is 15.5 Å². The van der Waals surface area contributed by atoms with Gasteiger partial charge in [0.2, 0.25) is 0 Å². The Morgan fingerprint density at radius 1 is 0.923 bits per heavy atom. The first-order chi connectivity index (χ1) is 12.5. The summed E-state index contributed by atoms with van der Waals surface area (Å²) in [6.45, 7) is 4.27. The van der Waals surface area contributed by atoms with E-state index in [9.17, 15) is 4.79 Å². The molecule has 1 heterocycles. The number of nitrogens with one attached hydrogen (secondary N) is 2. The molecule has 0 bridgehead atoms. The van der Waals surface area contributed by atoms with Gasteiger partial charge in [0.25, 0.3) is 5.91 Å². The van der Waals surface area contributed by atoms with Crippen molar-refractivity contribution < 1.29 is 4.79 Å². The van der Waals surface area contributed by atoms with Crippen molar-refractivity contribution in [2.75, 3.05) is 10.6 Å². The lowest BCUT2D eigenvalue weighted by molar-refractivity contribution is 0.0511. The molecule has 2 atom stereocenters. The standard InChI is InChI=1S/C21H25N3OS/c1-15-7-6-8-16(2)24(15)20(25)17-11-13-19(14-12-17)23-21(26)22-18-9-4-3-5-10-18/h3-5,9-16H,6-8H2,1-2H3,(H2,22,23,26)/t15-,16-/m0/s1. The molecule has 2 aromatic carbocycles. The van der Waals surface area contributed by atoms with E-state index in [4.69, 9.17) is 12.2 Å². The van der Waals surface area contributed by atoms with Crippen LogP contribution in [0.15, 0.2) is 54.6 Å². The molecule has 1 saturated heterocycles. The van der Waals surface area contributed by atoms with Crippen molar-refractivity contribution >= 4 is 34.6 Å². The second-order valence-electron chi connectivity index (χ2n) is 6.86. The van der Waals surface area contributed by atoms with Gasteiger partial charge in [-0.25, -0.2) is 0 Å². The van der Waals surface area contributed by atoms with Gasteiger partial charge in [0.05, 0.1) is 0 Å². The first-order valence-electron chi connectivity index (χ1n) is 9.10. The molecule has 5 heteroatoms. The first kappa shape index (κ1) is 18.4. The number of piperidine rings is 1. The third kappa shape index (κ3) is 4.41. The molecule has 2 aromatic rings. The molecule has 0 aliphatic carbocycles. The maximum absolute atomic E-state index is 12.9. The number of nitrogens with zero attached hydrogens (tertiary/aromatic N) is 1. The molecule has 2 N–H and O–H groups in total. The van der Waals surface area contributed by atoms with Crippen LogP contribution >= 0.6 is 12.2 Å². The van der Waals surface area contributed by atoms with Gasteiger partial charge in [0.1, 0.15) is 0 Å². The zero-order valence-electron chi connectivity index (χ0n) is 15.2. The third-order valence-corrected chi connectivity index (χ3v) is 5.05. The van der Waals surface area contributed by atoms with Gasteiger partial charge in [0, 0.05) is 29.0 Å². The minimum Gasteiger partial charge on any atom is -0.333 e. The summed E-state index contributed by atoms with van der Waals surface area (Å²) in [6, 6.07) is 17.9. The highest BCUT2D eigenvalue weighted by Crippen LogP contribution is 2.25. The van der Waals surface area contributed by atoms with Crippen LogP contribution < -0.4 is 10.6 Å². The number of benzene rings is 2. The molecule has 26 heavy (non-hydrogen) atoms. The molecule has 4 nitrogen and oxygen atoms in total. The summed E-state index contributed by atoms with van der Waals surface area (Å²) in [5, 5.41) is 6.81. The van der Waals surface area contributed by atoms with Crippen LogP contribution in [0.2, 0.25) is 0 Å². The quantitative estimate of drug-likeness (QED) is 0.758. The van der Waals surface area contributed by atoms with Crippen molar-refractivity contribution in [1.82, 2.24) is 4.90 Å². The number of rotatable bonds is 3. The zero-order valence-corrected chi connectivity index (χ0v) is 16.1. The number of anilines is 2. The van der Waals surface area contributed by atoms with E-state index >= 15 is 0 Å². The van der Waals surface area contributed by atoms with Gasteiger partial charge in [-0.15, -0.1) is 0 Å². The summed E-state index contributed by atoms with van der Waals surface area (Å²) in [5.74, 6) is 0.112. The summed E-state index contributed by atoms with van der Waals surface area (Å²) in [7, 11) is 0. The van der Waals surface area contributed by atoms with E-state index in [0.717, 1.165) is 29.8 Å². The molecule has 0 radical (unpaired) electrons. The van der Waals surface area contributed by atoms with Crippen LogP contribution in [0.5, 0.6) is 0 Å². The Morgan fingerprint density at radius 2 is 1.46 bits per heavy atom. The van der Waals surface area contributed by atoms with E-state index in [1.807, 2.05) is 59.5 Å². The summed E-state index contributed by atoms with van der Waals surface area (Å²) >= 11 is 5.34. The van der Waals surface area contributed by atoms with E-state index in [1.165, 1.54) is 6.42 Å². The van der Waals surface area contributed by atoms with Gasteiger partial charge in [-0.2, -0.15) is 0 Å². The van der Waals surface area contributed by atoms with Crippen molar-refractivity contribution in [2.24, 2.45) is 0 Å². The summed E-state index contributed by atoms with van der Waals surface area (Å²) in [6.07, 6.45) is 3.35. The highest BCUT2D eigenvalue weighted by Gasteiger charge is 2.29. The van der Waals surface area contributed by atoms with Crippen LogP contribution in [-0.4, -0.2) is 28.0 Å². The molecule has 1 aliphatic heterocycles. The van der Waals surface area contributed by atoms with Crippen LogP contribution in [-0.2, 0) is 0 Å². The van der Waals surface area contributed by atoms with Crippen LogP contribution in [0.3, 0.4) is 0 Å². The molecule has 1 fully saturated rings. The lowest BCUT2D eigenvalue weighted by atomic mass is 9.96. The SMILES string of the molecule is C[C@H]1CCC[C@H](C)N1C(=O)c1ccc(NC(=S)Nc2ccccc2)cc1. The predicted octanol–water partition coefficient (Wildman–Crippen LogP) is 4.90. The number of amides is 1. The first-order valence-corrected chi connectivity index (χ1v) is 9.51. The number of carbonyl (C=O) groups excluding carboxylic acids is 1. The van der Waals surface area contributed by atoms with Crippen LogP contribution in [0, 0.1) is 0 Å². The van der Waals surface area contributed by atoms with E-state index in [1.54, 1.807) is 0 Å². The average Bonchev–Trinajstić information content (AvgIpc) is 2.63. The van der Waals surface area contributed by atoms with Gasteiger partial charge in [0.15, 0.2) is 5.11 Å². The molecular formula is C21H25N3OS. The van der Waals surface area contributed by atoms with Crippen molar-refractivity contribution in [3.05, 3.63) is 60.2 Å².